The van der Waals surface area contributed by atoms with E-state index < -0.39 is 6.10 Å². The standard InChI is InChI=1S/C14H20N2O3/c1-9(8-19-2)15-14(18)16-13-11-6-4-3-5-10(11)7-12(13)17/h3-6,9,12-13,17H,7-8H2,1-2H3,(H2,15,16,18). The van der Waals surface area contributed by atoms with Gasteiger partial charge in [-0.2, -0.15) is 0 Å². The van der Waals surface area contributed by atoms with Gasteiger partial charge in [0.05, 0.1) is 24.8 Å². The van der Waals surface area contributed by atoms with Crippen molar-refractivity contribution in [2.45, 2.75) is 31.5 Å². The number of nitrogens with one attached hydrogen (secondary N) is 2. The molecule has 3 N–H and O–H groups in total. The highest BCUT2D eigenvalue weighted by molar-refractivity contribution is 5.75. The van der Waals surface area contributed by atoms with E-state index in [0.29, 0.717) is 13.0 Å². The molecule has 19 heavy (non-hydrogen) atoms. The number of carbonyl (C=O) groups is 1. The van der Waals surface area contributed by atoms with Gasteiger partial charge in [0.15, 0.2) is 0 Å². The fourth-order valence-electron chi connectivity index (χ4n) is 2.45. The number of methoxy groups -OCH3 is 1. The van der Waals surface area contributed by atoms with Gasteiger partial charge >= 0.3 is 6.03 Å². The lowest BCUT2D eigenvalue weighted by Gasteiger charge is -2.20. The van der Waals surface area contributed by atoms with Crippen molar-refractivity contribution >= 4 is 6.03 Å². The fraction of sp³-hybridized carbons (Fsp3) is 0.500. The highest BCUT2D eigenvalue weighted by Gasteiger charge is 2.31. The Hall–Kier alpha value is -1.59. The summed E-state index contributed by atoms with van der Waals surface area (Å²) in [4.78, 5) is 11.9. The first-order valence-electron chi connectivity index (χ1n) is 6.43. The molecule has 0 saturated heterocycles. The van der Waals surface area contributed by atoms with Crippen molar-refractivity contribution in [1.29, 1.82) is 0 Å². The molecule has 0 fully saturated rings. The number of aliphatic hydroxyl groups is 1. The predicted octanol–water partition coefficient (Wildman–Crippen LogP) is 0.979. The van der Waals surface area contributed by atoms with Crippen molar-refractivity contribution in [3.05, 3.63) is 35.4 Å². The zero-order valence-electron chi connectivity index (χ0n) is 11.2. The van der Waals surface area contributed by atoms with Crippen molar-refractivity contribution in [3.8, 4) is 0 Å². The molecular formula is C14H20N2O3. The Labute approximate surface area is 113 Å². The minimum absolute atomic E-state index is 0.0706. The Morgan fingerprint density at radius 3 is 3.00 bits per heavy atom. The number of aliphatic hydroxyl groups excluding tert-OH is 1. The summed E-state index contributed by atoms with van der Waals surface area (Å²) in [7, 11) is 1.59. The van der Waals surface area contributed by atoms with Gasteiger partial charge in [-0.15, -0.1) is 0 Å². The highest BCUT2D eigenvalue weighted by Crippen LogP contribution is 2.30. The number of benzene rings is 1. The van der Waals surface area contributed by atoms with Crippen LogP contribution in [0.3, 0.4) is 0 Å². The number of fused-ring (bicyclic) bond motifs is 1. The normalized spacial score (nSPS) is 22.7. The van der Waals surface area contributed by atoms with Crippen molar-refractivity contribution in [2.75, 3.05) is 13.7 Å². The molecule has 3 unspecified atom stereocenters. The van der Waals surface area contributed by atoms with Crippen LogP contribution in [0, 0.1) is 0 Å². The van der Waals surface area contributed by atoms with Crippen LogP contribution in [-0.4, -0.2) is 37.0 Å². The maximum Gasteiger partial charge on any atom is 0.315 e. The predicted molar refractivity (Wildman–Crippen MR) is 71.9 cm³/mol. The first kappa shape index (κ1) is 13.8. The molecule has 0 spiro atoms. The van der Waals surface area contributed by atoms with Crippen LogP contribution >= 0.6 is 0 Å². The molecule has 1 aromatic carbocycles. The molecule has 1 aliphatic rings. The summed E-state index contributed by atoms with van der Waals surface area (Å²) in [5.41, 5.74) is 2.08. The van der Waals surface area contributed by atoms with Crippen LogP contribution in [-0.2, 0) is 11.2 Å². The zero-order chi connectivity index (χ0) is 13.8. The second-order valence-electron chi connectivity index (χ2n) is 4.92. The number of amides is 2. The SMILES string of the molecule is COCC(C)NC(=O)NC1c2ccccc2CC1O. The molecule has 1 aliphatic carbocycles. The molecule has 0 radical (unpaired) electrons. The summed E-state index contributed by atoms with van der Waals surface area (Å²) < 4.78 is 4.96. The Kier molecular flexibility index (Phi) is 4.39. The smallest absolute Gasteiger partial charge is 0.315 e. The van der Waals surface area contributed by atoms with Gasteiger partial charge in [-0.3, -0.25) is 0 Å². The van der Waals surface area contributed by atoms with Gasteiger partial charge in [0.1, 0.15) is 0 Å². The number of hydrogen-bond acceptors (Lipinski definition) is 3. The summed E-state index contributed by atoms with van der Waals surface area (Å²) in [6.07, 6.45) is 0.00949. The zero-order valence-corrected chi connectivity index (χ0v) is 11.2. The van der Waals surface area contributed by atoms with Crippen molar-refractivity contribution in [2.24, 2.45) is 0 Å². The van der Waals surface area contributed by atoms with E-state index in [9.17, 15) is 9.90 Å². The average molecular weight is 264 g/mol. The fourth-order valence-corrected chi connectivity index (χ4v) is 2.45. The van der Waals surface area contributed by atoms with Gasteiger partial charge in [-0.25, -0.2) is 4.79 Å². The van der Waals surface area contributed by atoms with Crippen LogP contribution in [0.25, 0.3) is 0 Å². The topological polar surface area (TPSA) is 70.6 Å². The van der Waals surface area contributed by atoms with E-state index in [1.165, 1.54) is 0 Å². The molecule has 3 atom stereocenters. The first-order valence-corrected chi connectivity index (χ1v) is 6.43. The molecule has 0 saturated carbocycles. The number of urea groups is 1. The quantitative estimate of drug-likeness (QED) is 0.759. The van der Waals surface area contributed by atoms with E-state index in [1.54, 1.807) is 7.11 Å². The van der Waals surface area contributed by atoms with Crippen molar-refractivity contribution in [1.82, 2.24) is 10.6 Å². The van der Waals surface area contributed by atoms with Crippen LogP contribution < -0.4 is 10.6 Å². The van der Waals surface area contributed by atoms with E-state index in [2.05, 4.69) is 10.6 Å². The van der Waals surface area contributed by atoms with Crippen molar-refractivity contribution < 1.29 is 14.6 Å². The number of ether oxygens (including phenoxy) is 1. The van der Waals surface area contributed by atoms with E-state index in [0.717, 1.165) is 11.1 Å². The third-order valence-corrected chi connectivity index (χ3v) is 3.28. The summed E-state index contributed by atoms with van der Waals surface area (Å²) in [6.45, 7) is 2.32. The molecule has 1 aromatic rings. The van der Waals surface area contributed by atoms with Gasteiger partial charge in [-0.1, -0.05) is 24.3 Å². The summed E-state index contributed by atoms with van der Waals surface area (Å²) >= 11 is 0. The summed E-state index contributed by atoms with van der Waals surface area (Å²) in [5, 5.41) is 15.6. The molecular weight excluding hydrogens is 244 g/mol. The Morgan fingerprint density at radius 1 is 1.53 bits per heavy atom. The van der Waals surface area contributed by atoms with Gasteiger partial charge in [0.25, 0.3) is 0 Å². The van der Waals surface area contributed by atoms with Crippen molar-refractivity contribution in [3.63, 3.8) is 0 Å². The van der Waals surface area contributed by atoms with Gasteiger partial charge in [0, 0.05) is 13.5 Å². The summed E-state index contributed by atoms with van der Waals surface area (Å²) in [6, 6.07) is 7.07. The largest absolute Gasteiger partial charge is 0.390 e. The average Bonchev–Trinajstić information content (AvgIpc) is 2.66. The molecule has 0 bridgehead atoms. The van der Waals surface area contributed by atoms with Crippen LogP contribution in [0.5, 0.6) is 0 Å². The second kappa shape index (κ2) is 6.04. The highest BCUT2D eigenvalue weighted by atomic mass is 16.5. The summed E-state index contributed by atoms with van der Waals surface area (Å²) in [5.74, 6) is 0. The van der Waals surface area contributed by atoms with Gasteiger partial charge in [-0.05, 0) is 18.1 Å². The molecule has 2 rings (SSSR count). The Balaban J connectivity index is 1.97. The molecule has 0 aromatic heterocycles. The first-order chi connectivity index (χ1) is 9.11. The maximum atomic E-state index is 11.9. The lowest BCUT2D eigenvalue weighted by atomic mass is 10.1. The van der Waals surface area contributed by atoms with Gasteiger partial charge in [0.2, 0.25) is 0 Å². The lowest BCUT2D eigenvalue weighted by molar-refractivity contribution is 0.139. The molecule has 104 valence electrons. The Bertz CT molecular complexity index is 450. The third-order valence-electron chi connectivity index (χ3n) is 3.28. The van der Waals surface area contributed by atoms with E-state index in [1.807, 2.05) is 31.2 Å². The van der Waals surface area contributed by atoms with E-state index >= 15 is 0 Å². The monoisotopic (exact) mass is 264 g/mol. The molecule has 5 nitrogen and oxygen atoms in total. The number of carbonyl (C=O) groups excluding carboxylic acids is 1. The second-order valence-corrected chi connectivity index (χ2v) is 4.92. The maximum absolute atomic E-state index is 11.9. The number of rotatable bonds is 4. The van der Waals surface area contributed by atoms with Crippen LogP contribution in [0.15, 0.2) is 24.3 Å². The van der Waals surface area contributed by atoms with Crippen LogP contribution in [0.1, 0.15) is 24.1 Å². The third kappa shape index (κ3) is 3.24. The van der Waals surface area contributed by atoms with Crippen LogP contribution in [0.4, 0.5) is 4.79 Å². The molecule has 5 heteroatoms. The molecule has 2 amide bonds. The number of hydrogen-bond donors (Lipinski definition) is 3. The molecule has 0 aliphatic heterocycles. The minimum atomic E-state index is -0.569. The van der Waals surface area contributed by atoms with Gasteiger partial charge < -0.3 is 20.5 Å². The molecule has 0 heterocycles. The van der Waals surface area contributed by atoms with Crippen LogP contribution in [0.2, 0.25) is 0 Å². The minimum Gasteiger partial charge on any atom is -0.390 e. The van der Waals surface area contributed by atoms with E-state index in [-0.39, 0.29) is 18.1 Å². The Morgan fingerprint density at radius 2 is 2.26 bits per heavy atom. The lowest BCUT2D eigenvalue weighted by Crippen LogP contribution is -2.45. The van der Waals surface area contributed by atoms with E-state index in [4.69, 9.17) is 4.74 Å².